The lowest BCUT2D eigenvalue weighted by Gasteiger charge is -2.52. The second-order valence-electron chi connectivity index (χ2n) is 8.24. The highest BCUT2D eigenvalue weighted by Gasteiger charge is 2.61. The molecule has 1 heterocycles. The molecule has 1 aromatic rings. The van der Waals surface area contributed by atoms with E-state index in [0.29, 0.717) is 24.2 Å². The zero-order chi connectivity index (χ0) is 18.0. The molecule has 5 nitrogen and oxygen atoms in total. The van der Waals surface area contributed by atoms with E-state index in [1.54, 1.807) is 19.9 Å². The molecular formula is C19H24O5. The molecule has 24 heavy (non-hydrogen) atoms. The molecule has 0 aliphatic heterocycles. The average Bonchev–Trinajstić information content (AvgIpc) is 2.48. The lowest BCUT2D eigenvalue weighted by molar-refractivity contribution is -0.142. The Balaban J connectivity index is 2.30. The fourth-order valence-electron chi connectivity index (χ4n) is 4.63. The second kappa shape index (κ2) is 5.12. The van der Waals surface area contributed by atoms with Crippen molar-refractivity contribution >= 4 is 11.6 Å². The van der Waals surface area contributed by atoms with Crippen LogP contribution in [0.5, 0.6) is 0 Å². The fourth-order valence-corrected chi connectivity index (χ4v) is 4.63. The van der Waals surface area contributed by atoms with E-state index in [1.807, 2.05) is 20.8 Å². The van der Waals surface area contributed by atoms with Crippen molar-refractivity contribution < 1.29 is 19.1 Å². The molecule has 2 aliphatic carbocycles. The van der Waals surface area contributed by atoms with Gasteiger partial charge in [0.2, 0.25) is 0 Å². The number of hydrogen-bond donors (Lipinski definition) is 1. The lowest BCUT2D eigenvalue weighted by Crippen LogP contribution is -2.60. The van der Waals surface area contributed by atoms with Crippen LogP contribution in [0.1, 0.15) is 75.1 Å². The molecule has 1 N–H and O–H groups in total. The van der Waals surface area contributed by atoms with Gasteiger partial charge in [-0.3, -0.25) is 9.59 Å². The maximum Gasteiger partial charge on any atom is 0.339 e. The van der Waals surface area contributed by atoms with E-state index in [4.69, 9.17) is 4.42 Å². The molecule has 0 amide bonds. The first-order chi connectivity index (χ1) is 11.0. The minimum absolute atomic E-state index is 0.0291. The van der Waals surface area contributed by atoms with E-state index in [0.717, 1.165) is 0 Å². The molecule has 2 aliphatic rings. The highest BCUT2D eigenvalue weighted by Crippen LogP contribution is 2.55. The first-order valence-electron chi connectivity index (χ1n) is 8.46. The van der Waals surface area contributed by atoms with Crippen molar-refractivity contribution in [3.05, 3.63) is 33.4 Å². The van der Waals surface area contributed by atoms with Crippen molar-refractivity contribution in [3.63, 3.8) is 0 Å². The second-order valence-corrected chi connectivity index (χ2v) is 8.24. The van der Waals surface area contributed by atoms with Gasteiger partial charge >= 0.3 is 5.63 Å². The first kappa shape index (κ1) is 17.1. The number of rotatable bonds is 1. The van der Waals surface area contributed by atoms with Crippen molar-refractivity contribution in [1.82, 2.24) is 0 Å². The Kier molecular flexibility index (Phi) is 3.65. The van der Waals surface area contributed by atoms with E-state index < -0.39 is 34.3 Å². The lowest BCUT2D eigenvalue weighted by atomic mass is 9.50. The zero-order valence-electron chi connectivity index (χ0n) is 14.8. The van der Waals surface area contributed by atoms with Crippen LogP contribution in [0.3, 0.4) is 0 Å². The van der Waals surface area contributed by atoms with Crippen molar-refractivity contribution in [2.24, 2.45) is 11.3 Å². The van der Waals surface area contributed by atoms with Crippen molar-refractivity contribution in [3.8, 4) is 0 Å². The minimum atomic E-state index is -1.27. The number of ketones is 2. The number of aliphatic hydroxyl groups is 1. The summed E-state index contributed by atoms with van der Waals surface area (Å²) in [6, 6.07) is 1.57. The standard InChI is InChI=1S/C19H24O5/c1-9(2)10-8-11-13(21)14(22)15-18(3,4)12(20)6-7-19(15,5)16(11)24-17(10)23/h8-9,14-15,22H,6-7H2,1-5H3. The molecule has 0 saturated heterocycles. The van der Waals surface area contributed by atoms with Gasteiger partial charge in [-0.2, -0.15) is 0 Å². The normalized spacial score (nSPS) is 31.8. The molecule has 0 radical (unpaired) electrons. The highest BCUT2D eigenvalue weighted by atomic mass is 16.4. The van der Waals surface area contributed by atoms with Gasteiger partial charge < -0.3 is 9.52 Å². The van der Waals surface area contributed by atoms with Gasteiger partial charge in [-0.15, -0.1) is 0 Å². The SMILES string of the molecule is CC(C)c1cc2c(oc1=O)C1(C)CCC(=O)C(C)(C)C1C(O)C2=O. The summed E-state index contributed by atoms with van der Waals surface area (Å²) in [7, 11) is 0. The molecule has 130 valence electrons. The van der Waals surface area contributed by atoms with Crippen molar-refractivity contribution in [1.29, 1.82) is 0 Å². The Hall–Kier alpha value is -1.75. The van der Waals surface area contributed by atoms with Gasteiger partial charge in [-0.1, -0.05) is 34.6 Å². The molecule has 3 unspecified atom stereocenters. The van der Waals surface area contributed by atoms with Crippen LogP contribution >= 0.6 is 0 Å². The van der Waals surface area contributed by atoms with E-state index >= 15 is 0 Å². The number of fused-ring (bicyclic) bond motifs is 3. The monoisotopic (exact) mass is 332 g/mol. The van der Waals surface area contributed by atoms with Gasteiger partial charge in [-0.05, 0) is 18.4 Å². The number of Topliss-reactive ketones (excluding diaryl/α,β-unsaturated/α-hetero) is 2. The van der Waals surface area contributed by atoms with Crippen LogP contribution in [-0.2, 0) is 10.2 Å². The largest absolute Gasteiger partial charge is 0.426 e. The quantitative estimate of drug-likeness (QED) is 0.854. The van der Waals surface area contributed by atoms with Gasteiger partial charge in [0, 0.05) is 28.7 Å². The summed E-state index contributed by atoms with van der Waals surface area (Å²) in [4.78, 5) is 37.5. The number of hydrogen-bond acceptors (Lipinski definition) is 5. The predicted octanol–water partition coefficient (Wildman–Crippen LogP) is 2.58. The Morgan fingerprint density at radius 1 is 1.21 bits per heavy atom. The van der Waals surface area contributed by atoms with Crippen LogP contribution in [0.25, 0.3) is 0 Å². The summed E-state index contributed by atoms with van der Waals surface area (Å²) in [6.45, 7) is 9.13. The number of carbonyl (C=O) groups is 2. The topological polar surface area (TPSA) is 84.6 Å². The molecule has 1 aromatic heterocycles. The Morgan fingerprint density at radius 3 is 2.42 bits per heavy atom. The van der Waals surface area contributed by atoms with E-state index in [2.05, 4.69) is 0 Å². The molecule has 0 spiro atoms. The summed E-state index contributed by atoms with van der Waals surface area (Å²) in [5.41, 5.74) is -1.29. The molecule has 1 fully saturated rings. The third-order valence-electron chi connectivity index (χ3n) is 6.02. The summed E-state index contributed by atoms with van der Waals surface area (Å²) in [5.74, 6) is -0.772. The van der Waals surface area contributed by atoms with Crippen molar-refractivity contribution in [2.75, 3.05) is 0 Å². The predicted molar refractivity (Wildman–Crippen MR) is 88.3 cm³/mol. The van der Waals surface area contributed by atoms with Gasteiger partial charge in [0.25, 0.3) is 0 Å². The van der Waals surface area contributed by atoms with Crippen molar-refractivity contribution in [2.45, 2.75) is 64.9 Å². The summed E-state index contributed by atoms with van der Waals surface area (Å²) < 4.78 is 5.61. The maximum absolute atomic E-state index is 12.8. The Bertz CT molecular complexity index is 785. The molecule has 1 saturated carbocycles. The zero-order valence-corrected chi connectivity index (χ0v) is 14.8. The number of aliphatic hydroxyl groups excluding tert-OH is 1. The Morgan fingerprint density at radius 2 is 1.83 bits per heavy atom. The van der Waals surface area contributed by atoms with Crippen LogP contribution in [-0.4, -0.2) is 22.8 Å². The summed E-state index contributed by atoms with van der Waals surface area (Å²) in [6.07, 6.45) is -0.466. The van der Waals surface area contributed by atoms with Gasteiger partial charge in [0.1, 0.15) is 17.6 Å². The first-order valence-corrected chi connectivity index (χ1v) is 8.46. The van der Waals surface area contributed by atoms with E-state index in [9.17, 15) is 19.5 Å². The molecule has 5 heteroatoms. The third-order valence-corrected chi connectivity index (χ3v) is 6.02. The van der Waals surface area contributed by atoms with Crippen LogP contribution in [0.15, 0.2) is 15.3 Å². The fraction of sp³-hybridized carbons (Fsp3) is 0.632. The average molecular weight is 332 g/mol. The van der Waals surface area contributed by atoms with Gasteiger partial charge in [0.15, 0.2) is 5.78 Å². The van der Waals surface area contributed by atoms with Crippen LogP contribution < -0.4 is 5.63 Å². The maximum atomic E-state index is 12.8. The smallest absolute Gasteiger partial charge is 0.339 e. The van der Waals surface area contributed by atoms with E-state index in [1.165, 1.54) is 0 Å². The molecule has 0 bridgehead atoms. The molecular weight excluding hydrogens is 308 g/mol. The van der Waals surface area contributed by atoms with Gasteiger partial charge in [0.05, 0.1) is 5.56 Å². The van der Waals surface area contributed by atoms with E-state index in [-0.39, 0.29) is 17.3 Å². The molecule has 0 aromatic carbocycles. The van der Waals surface area contributed by atoms with Crippen LogP contribution in [0.4, 0.5) is 0 Å². The summed E-state index contributed by atoms with van der Waals surface area (Å²) >= 11 is 0. The Labute approximate surface area is 141 Å². The highest BCUT2D eigenvalue weighted by molar-refractivity contribution is 6.03. The van der Waals surface area contributed by atoms with Crippen LogP contribution in [0.2, 0.25) is 0 Å². The summed E-state index contributed by atoms with van der Waals surface area (Å²) in [5, 5.41) is 10.7. The van der Waals surface area contributed by atoms with Crippen LogP contribution in [0, 0.1) is 11.3 Å². The van der Waals surface area contributed by atoms with Gasteiger partial charge in [-0.25, -0.2) is 4.79 Å². The third kappa shape index (κ3) is 2.07. The minimum Gasteiger partial charge on any atom is -0.426 e. The molecule has 3 atom stereocenters. The molecule has 3 rings (SSSR count). The number of carbonyl (C=O) groups excluding carboxylic acids is 2.